The number of hydrogen-bond donors (Lipinski definition) is 2. The molecule has 1 fully saturated rings. The monoisotopic (exact) mass is 317 g/mol. The van der Waals surface area contributed by atoms with Crippen molar-refractivity contribution in [1.82, 2.24) is 5.32 Å². The number of unbranched alkanes of at least 4 members (excludes halogenated alkanes) is 1. The summed E-state index contributed by atoms with van der Waals surface area (Å²) in [5.41, 5.74) is 7.55. The summed E-state index contributed by atoms with van der Waals surface area (Å²) in [6, 6.07) is 8.03. The van der Waals surface area contributed by atoms with Gasteiger partial charge in [-0.3, -0.25) is 9.59 Å². The maximum Gasteiger partial charge on any atom is 0.239 e. The van der Waals surface area contributed by atoms with E-state index in [1.54, 1.807) is 4.90 Å². The van der Waals surface area contributed by atoms with E-state index in [9.17, 15) is 9.59 Å². The molecule has 1 aromatic carbocycles. The molecule has 1 aliphatic rings. The summed E-state index contributed by atoms with van der Waals surface area (Å²) in [7, 11) is 0. The van der Waals surface area contributed by atoms with Crippen molar-refractivity contribution in [3.05, 3.63) is 29.8 Å². The Morgan fingerprint density at radius 3 is 2.61 bits per heavy atom. The van der Waals surface area contributed by atoms with E-state index >= 15 is 0 Å². The molecule has 2 rings (SSSR count). The van der Waals surface area contributed by atoms with Gasteiger partial charge in [-0.1, -0.05) is 26.0 Å². The van der Waals surface area contributed by atoms with Crippen molar-refractivity contribution >= 4 is 17.5 Å². The van der Waals surface area contributed by atoms with Gasteiger partial charge >= 0.3 is 0 Å². The molecule has 1 atom stereocenters. The van der Waals surface area contributed by atoms with Crippen LogP contribution < -0.4 is 16.0 Å². The summed E-state index contributed by atoms with van der Waals surface area (Å²) in [6.45, 7) is 6.09. The molecule has 1 heterocycles. The number of rotatable bonds is 7. The average Bonchev–Trinajstić information content (AvgIpc) is 2.93. The fraction of sp³-hybridized carbons (Fsp3) is 0.556. The van der Waals surface area contributed by atoms with Crippen molar-refractivity contribution in [2.45, 2.75) is 39.0 Å². The van der Waals surface area contributed by atoms with Crippen LogP contribution in [0.3, 0.4) is 0 Å². The lowest BCUT2D eigenvalue weighted by molar-refractivity contribution is -0.132. The van der Waals surface area contributed by atoms with E-state index in [-0.39, 0.29) is 11.8 Å². The third-order valence-corrected chi connectivity index (χ3v) is 4.32. The van der Waals surface area contributed by atoms with Gasteiger partial charge in [0.1, 0.15) is 5.92 Å². The minimum absolute atomic E-state index is 0.0985. The zero-order valence-corrected chi connectivity index (χ0v) is 14.0. The van der Waals surface area contributed by atoms with E-state index in [1.807, 2.05) is 24.3 Å². The number of benzene rings is 1. The Balaban J connectivity index is 1.94. The normalized spacial score (nSPS) is 17.8. The lowest BCUT2D eigenvalue weighted by Crippen LogP contribution is -2.37. The van der Waals surface area contributed by atoms with Crippen molar-refractivity contribution in [2.75, 3.05) is 24.5 Å². The van der Waals surface area contributed by atoms with Gasteiger partial charge in [0.2, 0.25) is 11.8 Å². The quantitative estimate of drug-likeness (QED) is 0.597. The Labute approximate surface area is 138 Å². The van der Waals surface area contributed by atoms with Crippen molar-refractivity contribution in [3.8, 4) is 0 Å². The molecule has 2 amide bonds. The molecule has 3 N–H and O–H groups in total. The average molecular weight is 317 g/mol. The van der Waals surface area contributed by atoms with Crippen LogP contribution in [-0.4, -0.2) is 31.4 Å². The Morgan fingerprint density at radius 1 is 1.30 bits per heavy atom. The first-order valence-corrected chi connectivity index (χ1v) is 8.43. The molecule has 0 radical (unpaired) electrons. The zero-order chi connectivity index (χ0) is 16.8. The summed E-state index contributed by atoms with van der Waals surface area (Å²) < 4.78 is 0. The van der Waals surface area contributed by atoms with Gasteiger partial charge in [0.05, 0.1) is 0 Å². The van der Waals surface area contributed by atoms with E-state index in [0.29, 0.717) is 32.0 Å². The van der Waals surface area contributed by atoms with Gasteiger partial charge in [-0.05, 0) is 49.4 Å². The summed E-state index contributed by atoms with van der Waals surface area (Å²) in [5, 5.41) is 2.84. The van der Waals surface area contributed by atoms with Crippen molar-refractivity contribution in [1.29, 1.82) is 0 Å². The van der Waals surface area contributed by atoms with Gasteiger partial charge in [0.25, 0.3) is 0 Å². The Morgan fingerprint density at radius 2 is 2.00 bits per heavy atom. The fourth-order valence-corrected chi connectivity index (χ4v) is 2.82. The van der Waals surface area contributed by atoms with Crippen LogP contribution in [0, 0.1) is 5.92 Å². The molecule has 0 aromatic heterocycles. The van der Waals surface area contributed by atoms with Crippen LogP contribution in [0.15, 0.2) is 24.3 Å². The van der Waals surface area contributed by atoms with E-state index in [2.05, 4.69) is 19.2 Å². The molecule has 0 aliphatic carbocycles. The predicted molar refractivity (Wildman–Crippen MR) is 92.3 cm³/mol. The van der Waals surface area contributed by atoms with Crippen LogP contribution in [0.2, 0.25) is 0 Å². The van der Waals surface area contributed by atoms with Crippen LogP contribution >= 0.6 is 0 Å². The van der Waals surface area contributed by atoms with Crippen LogP contribution in [0.4, 0.5) is 5.69 Å². The third-order valence-electron chi connectivity index (χ3n) is 4.32. The summed E-state index contributed by atoms with van der Waals surface area (Å²) >= 11 is 0. The second-order valence-corrected chi connectivity index (χ2v) is 6.36. The van der Waals surface area contributed by atoms with Gasteiger partial charge in [-0.25, -0.2) is 0 Å². The van der Waals surface area contributed by atoms with E-state index in [1.165, 1.54) is 5.56 Å². The molecular formula is C18H27N3O2. The molecule has 1 aromatic rings. The molecule has 1 unspecified atom stereocenters. The Kier molecular flexibility index (Phi) is 6.16. The van der Waals surface area contributed by atoms with Crippen LogP contribution in [-0.2, 0) is 9.59 Å². The minimum Gasteiger partial charge on any atom is -0.355 e. The summed E-state index contributed by atoms with van der Waals surface area (Å²) in [5.74, 6) is -0.352. The fourth-order valence-electron chi connectivity index (χ4n) is 2.82. The van der Waals surface area contributed by atoms with E-state index < -0.39 is 5.92 Å². The maximum atomic E-state index is 12.5. The molecule has 1 saturated heterocycles. The highest BCUT2D eigenvalue weighted by Gasteiger charge is 2.37. The van der Waals surface area contributed by atoms with Crippen molar-refractivity contribution in [2.24, 2.45) is 11.7 Å². The summed E-state index contributed by atoms with van der Waals surface area (Å²) in [4.78, 5) is 26.4. The lowest BCUT2D eigenvalue weighted by Gasteiger charge is -2.18. The number of carbonyl (C=O) groups excluding carboxylic acids is 2. The number of nitrogens with two attached hydrogens (primary N) is 1. The predicted octanol–water partition coefficient (Wildman–Crippen LogP) is 2.02. The smallest absolute Gasteiger partial charge is 0.239 e. The summed E-state index contributed by atoms with van der Waals surface area (Å²) in [6.07, 6.45) is 2.31. The molecule has 5 heteroatoms. The van der Waals surface area contributed by atoms with Gasteiger partial charge in [0, 0.05) is 18.8 Å². The number of nitrogens with one attached hydrogen (secondary N) is 1. The van der Waals surface area contributed by atoms with Crippen molar-refractivity contribution < 1.29 is 9.59 Å². The molecule has 0 spiro atoms. The Hall–Kier alpha value is -1.88. The Bertz CT molecular complexity index is 540. The topological polar surface area (TPSA) is 75.4 Å². The van der Waals surface area contributed by atoms with E-state index in [4.69, 9.17) is 5.73 Å². The van der Waals surface area contributed by atoms with Gasteiger partial charge in [0.15, 0.2) is 0 Å². The molecule has 0 saturated carbocycles. The number of amides is 2. The minimum atomic E-state index is -0.558. The first kappa shape index (κ1) is 17.5. The van der Waals surface area contributed by atoms with E-state index in [0.717, 1.165) is 18.5 Å². The third kappa shape index (κ3) is 4.32. The van der Waals surface area contributed by atoms with Crippen LogP contribution in [0.1, 0.15) is 44.6 Å². The SMILES string of the molecule is CC(C)c1ccc(N2CCC(C(=O)NCCCCN)C2=O)cc1. The van der Waals surface area contributed by atoms with Crippen LogP contribution in [0.25, 0.3) is 0 Å². The first-order chi connectivity index (χ1) is 11.0. The molecule has 5 nitrogen and oxygen atoms in total. The molecule has 126 valence electrons. The molecule has 0 bridgehead atoms. The van der Waals surface area contributed by atoms with Gasteiger partial charge in [-0.15, -0.1) is 0 Å². The molecule has 23 heavy (non-hydrogen) atoms. The second kappa shape index (κ2) is 8.11. The lowest BCUT2D eigenvalue weighted by atomic mass is 10.0. The highest BCUT2D eigenvalue weighted by molar-refractivity contribution is 6.09. The van der Waals surface area contributed by atoms with Gasteiger partial charge in [-0.2, -0.15) is 0 Å². The number of anilines is 1. The standard InChI is InChI=1S/C18H27N3O2/c1-13(2)14-5-7-15(8-6-14)21-12-9-16(18(21)23)17(22)20-11-4-3-10-19/h5-8,13,16H,3-4,9-12,19H2,1-2H3,(H,20,22). The van der Waals surface area contributed by atoms with Crippen LogP contribution in [0.5, 0.6) is 0 Å². The molecule has 1 aliphatic heterocycles. The number of nitrogens with zero attached hydrogens (tertiary/aromatic N) is 1. The van der Waals surface area contributed by atoms with Gasteiger partial charge < -0.3 is 16.0 Å². The largest absolute Gasteiger partial charge is 0.355 e. The maximum absolute atomic E-state index is 12.5. The number of carbonyl (C=O) groups is 2. The second-order valence-electron chi connectivity index (χ2n) is 6.36. The zero-order valence-electron chi connectivity index (χ0n) is 14.0. The highest BCUT2D eigenvalue weighted by atomic mass is 16.2. The number of hydrogen-bond acceptors (Lipinski definition) is 3. The highest BCUT2D eigenvalue weighted by Crippen LogP contribution is 2.27. The molecular weight excluding hydrogens is 290 g/mol. The van der Waals surface area contributed by atoms with Crippen molar-refractivity contribution in [3.63, 3.8) is 0 Å². The first-order valence-electron chi connectivity index (χ1n) is 8.43.